The highest BCUT2D eigenvalue weighted by Gasteiger charge is 2.52. The normalized spacial score (nSPS) is 20.4. The van der Waals surface area contributed by atoms with Gasteiger partial charge in [0.25, 0.3) is 6.43 Å². The van der Waals surface area contributed by atoms with Crippen LogP contribution < -0.4 is 5.46 Å². The molecule has 1 aromatic carbocycles. The summed E-state index contributed by atoms with van der Waals surface area (Å²) in [5.41, 5.74) is -0.880. The maximum atomic E-state index is 12.7. The standard InChI is InChI=1S/C14H17BF2O3/c1-13(2)14(3,4)20-15(19-13)10-8-6-5-7-9(10)11(18)12(16)17/h5-8,12H,1-4H3. The number of rotatable bonds is 3. The summed E-state index contributed by atoms with van der Waals surface area (Å²) in [7, 11) is -0.820. The Balaban J connectivity index is 2.39. The molecule has 6 heteroatoms. The van der Waals surface area contributed by atoms with E-state index in [4.69, 9.17) is 9.31 Å². The van der Waals surface area contributed by atoms with Gasteiger partial charge in [-0.3, -0.25) is 4.79 Å². The Labute approximate surface area is 117 Å². The van der Waals surface area contributed by atoms with Gasteiger partial charge < -0.3 is 9.31 Å². The number of ketones is 1. The summed E-state index contributed by atoms with van der Waals surface area (Å²) in [6.07, 6.45) is -3.04. The summed E-state index contributed by atoms with van der Waals surface area (Å²) in [6.45, 7) is 7.46. The monoisotopic (exact) mass is 282 g/mol. The molecule has 1 aliphatic heterocycles. The van der Waals surface area contributed by atoms with Gasteiger partial charge in [0.2, 0.25) is 5.78 Å². The Morgan fingerprint density at radius 1 is 1.10 bits per heavy atom. The van der Waals surface area contributed by atoms with Crippen LogP contribution in [0.25, 0.3) is 0 Å². The molecule has 0 radical (unpaired) electrons. The second-order valence-corrected chi connectivity index (χ2v) is 5.84. The first kappa shape index (κ1) is 15.1. The molecule has 0 atom stereocenters. The summed E-state index contributed by atoms with van der Waals surface area (Å²) >= 11 is 0. The van der Waals surface area contributed by atoms with Crippen molar-refractivity contribution in [3.63, 3.8) is 0 Å². The van der Waals surface area contributed by atoms with E-state index in [0.29, 0.717) is 5.46 Å². The van der Waals surface area contributed by atoms with E-state index in [-0.39, 0.29) is 5.56 Å². The van der Waals surface area contributed by atoms with Gasteiger partial charge in [-0.15, -0.1) is 0 Å². The minimum Gasteiger partial charge on any atom is -0.399 e. The highest BCUT2D eigenvalue weighted by atomic mass is 19.3. The number of alkyl halides is 2. The number of carbonyl (C=O) groups is 1. The minimum absolute atomic E-state index is 0.0546. The highest BCUT2D eigenvalue weighted by molar-refractivity contribution is 6.63. The molecule has 1 heterocycles. The molecule has 0 unspecified atom stereocenters. The van der Waals surface area contributed by atoms with Crippen molar-refractivity contribution in [2.75, 3.05) is 0 Å². The first-order valence-corrected chi connectivity index (χ1v) is 6.42. The van der Waals surface area contributed by atoms with E-state index in [1.165, 1.54) is 6.07 Å². The van der Waals surface area contributed by atoms with Crippen LogP contribution in [0.4, 0.5) is 8.78 Å². The van der Waals surface area contributed by atoms with Gasteiger partial charge in [0.05, 0.1) is 11.2 Å². The molecule has 3 nitrogen and oxygen atoms in total. The molecular weight excluding hydrogens is 265 g/mol. The summed E-state index contributed by atoms with van der Waals surface area (Å²) in [5.74, 6) is -1.21. The fourth-order valence-electron chi connectivity index (χ4n) is 2.01. The van der Waals surface area contributed by atoms with Gasteiger partial charge in [0.15, 0.2) is 0 Å². The van der Waals surface area contributed by atoms with E-state index in [2.05, 4.69) is 0 Å². The quantitative estimate of drug-likeness (QED) is 0.631. The molecule has 2 rings (SSSR count). The van der Waals surface area contributed by atoms with Crippen LogP contribution in [-0.2, 0) is 9.31 Å². The van der Waals surface area contributed by atoms with Gasteiger partial charge in [-0.1, -0.05) is 24.3 Å². The predicted molar refractivity (Wildman–Crippen MR) is 72.5 cm³/mol. The smallest absolute Gasteiger partial charge is 0.399 e. The lowest BCUT2D eigenvalue weighted by Gasteiger charge is -2.32. The maximum Gasteiger partial charge on any atom is 0.495 e. The van der Waals surface area contributed by atoms with E-state index in [0.717, 1.165) is 0 Å². The second kappa shape index (κ2) is 4.93. The molecule has 108 valence electrons. The van der Waals surface area contributed by atoms with Gasteiger partial charge in [0.1, 0.15) is 0 Å². The number of halogens is 2. The molecule has 0 aromatic heterocycles. The fraction of sp³-hybridized carbons (Fsp3) is 0.500. The Morgan fingerprint density at radius 3 is 2.10 bits per heavy atom. The summed E-state index contributed by atoms with van der Waals surface area (Å²) in [6, 6.07) is 6.17. The zero-order valence-electron chi connectivity index (χ0n) is 11.9. The molecule has 0 saturated carbocycles. The van der Waals surface area contributed by atoms with E-state index in [9.17, 15) is 13.6 Å². The number of Topliss-reactive ketones (excluding diaryl/α,β-unsaturated/α-hetero) is 1. The molecule has 1 fully saturated rings. The van der Waals surface area contributed by atoms with Crippen LogP contribution in [-0.4, -0.2) is 30.5 Å². The Bertz CT molecular complexity index is 513. The molecule has 1 aliphatic rings. The molecule has 20 heavy (non-hydrogen) atoms. The van der Waals surface area contributed by atoms with E-state index in [1.807, 2.05) is 27.7 Å². The van der Waals surface area contributed by atoms with Gasteiger partial charge >= 0.3 is 7.12 Å². The summed E-state index contributed by atoms with van der Waals surface area (Å²) in [5, 5.41) is 0. The number of hydrogen-bond acceptors (Lipinski definition) is 3. The maximum absolute atomic E-state index is 12.7. The molecular formula is C14H17BF2O3. The average molecular weight is 282 g/mol. The lowest BCUT2D eigenvalue weighted by atomic mass is 9.75. The van der Waals surface area contributed by atoms with Crippen LogP contribution >= 0.6 is 0 Å². The minimum atomic E-state index is -3.04. The zero-order valence-corrected chi connectivity index (χ0v) is 11.9. The van der Waals surface area contributed by atoms with Crippen LogP contribution in [0.5, 0.6) is 0 Å². The van der Waals surface area contributed by atoms with Crippen molar-refractivity contribution in [2.24, 2.45) is 0 Å². The van der Waals surface area contributed by atoms with Crippen molar-refractivity contribution < 1.29 is 22.9 Å². The topological polar surface area (TPSA) is 35.5 Å². The van der Waals surface area contributed by atoms with Crippen molar-refractivity contribution in [1.29, 1.82) is 0 Å². The third kappa shape index (κ3) is 2.50. The molecule has 0 N–H and O–H groups in total. The molecule has 0 amide bonds. The number of benzene rings is 1. The Kier molecular flexibility index (Phi) is 3.73. The first-order chi connectivity index (χ1) is 9.16. The molecule has 0 spiro atoms. The zero-order chi connectivity index (χ0) is 15.1. The summed E-state index contributed by atoms with van der Waals surface area (Å²) in [4.78, 5) is 11.6. The van der Waals surface area contributed by atoms with E-state index < -0.39 is 30.5 Å². The van der Waals surface area contributed by atoms with Crippen LogP contribution in [0.2, 0.25) is 0 Å². The first-order valence-electron chi connectivity index (χ1n) is 6.42. The van der Waals surface area contributed by atoms with Crippen LogP contribution in [0.15, 0.2) is 24.3 Å². The van der Waals surface area contributed by atoms with Gasteiger partial charge in [0, 0.05) is 5.56 Å². The molecule has 1 saturated heterocycles. The molecule has 1 aromatic rings. The predicted octanol–water partition coefficient (Wildman–Crippen LogP) is 2.43. The Hall–Kier alpha value is -1.27. The average Bonchev–Trinajstić information content (AvgIpc) is 2.57. The highest BCUT2D eigenvalue weighted by Crippen LogP contribution is 2.36. The lowest BCUT2D eigenvalue weighted by molar-refractivity contribution is 0.00578. The van der Waals surface area contributed by atoms with Crippen LogP contribution in [0, 0.1) is 0 Å². The van der Waals surface area contributed by atoms with Crippen molar-refractivity contribution in [2.45, 2.75) is 45.3 Å². The van der Waals surface area contributed by atoms with Crippen molar-refractivity contribution in [3.8, 4) is 0 Å². The van der Waals surface area contributed by atoms with Gasteiger partial charge in [-0.25, -0.2) is 8.78 Å². The third-order valence-corrected chi connectivity index (χ3v) is 3.93. The van der Waals surface area contributed by atoms with Gasteiger partial charge in [-0.2, -0.15) is 0 Å². The lowest BCUT2D eigenvalue weighted by Crippen LogP contribution is -2.41. The van der Waals surface area contributed by atoms with Crippen molar-refractivity contribution in [3.05, 3.63) is 29.8 Å². The molecule has 0 bridgehead atoms. The Morgan fingerprint density at radius 2 is 1.60 bits per heavy atom. The van der Waals surface area contributed by atoms with Crippen LogP contribution in [0.3, 0.4) is 0 Å². The van der Waals surface area contributed by atoms with Gasteiger partial charge in [-0.05, 0) is 33.2 Å². The number of carbonyl (C=O) groups excluding carboxylic acids is 1. The van der Waals surface area contributed by atoms with Crippen LogP contribution in [0.1, 0.15) is 38.1 Å². The third-order valence-electron chi connectivity index (χ3n) is 3.93. The molecule has 0 aliphatic carbocycles. The largest absolute Gasteiger partial charge is 0.495 e. The SMILES string of the molecule is CC1(C)OB(c2ccccc2C(=O)C(F)F)OC1(C)C. The number of hydrogen-bond donors (Lipinski definition) is 0. The van der Waals surface area contributed by atoms with E-state index in [1.54, 1.807) is 18.2 Å². The van der Waals surface area contributed by atoms with E-state index >= 15 is 0 Å². The summed E-state index contributed by atoms with van der Waals surface area (Å²) < 4.78 is 36.9. The fourth-order valence-corrected chi connectivity index (χ4v) is 2.01. The van der Waals surface area contributed by atoms with Crippen molar-refractivity contribution >= 4 is 18.4 Å². The van der Waals surface area contributed by atoms with Crippen molar-refractivity contribution in [1.82, 2.24) is 0 Å². The second-order valence-electron chi connectivity index (χ2n) is 5.84.